The number of hydrogen-bond donors (Lipinski definition) is 2. The number of ether oxygens (including phenoxy) is 2. The molecule has 1 aliphatic rings. The number of fused-ring (bicyclic) bond motifs is 2. The van der Waals surface area contributed by atoms with Crippen LogP contribution in [-0.4, -0.2) is 50.6 Å². The maximum atomic E-state index is 13.5. The molecule has 1 aliphatic carbocycles. The highest BCUT2D eigenvalue weighted by Crippen LogP contribution is 2.35. The van der Waals surface area contributed by atoms with Gasteiger partial charge in [-0.15, -0.1) is 0 Å². The fourth-order valence-electron chi connectivity index (χ4n) is 4.89. The maximum Gasteiger partial charge on any atom is 0.387 e. The number of hydrogen-bond acceptors (Lipinski definition) is 8. The van der Waals surface area contributed by atoms with Crippen LogP contribution in [-0.2, 0) is 17.7 Å². The van der Waals surface area contributed by atoms with Crippen molar-refractivity contribution in [3.8, 4) is 5.75 Å². The van der Waals surface area contributed by atoms with Gasteiger partial charge in [-0.05, 0) is 60.2 Å². The Kier molecular flexibility index (Phi) is 8.18. The lowest BCUT2D eigenvalue weighted by Crippen LogP contribution is -2.30. The van der Waals surface area contributed by atoms with Gasteiger partial charge in [0.2, 0.25) is 0 Å². The number of aromatic nitrogens is 4. The summed E-state index contributed by atoms with van der Waals surface area (Å²) in [7, 11) is 0. The molecular weight excluding hydrogens is 550 g/mol. The van der Waals surface area contributed by atoms with Gasteiger partial charge in [-0.2, -0.15) is 23.4 Å². The van der Waals surface area contributed by atoms with Crippen LogP contribution in [0.4, 0.5) is 8.78 Å². The van der Waals surface area contributed by atoms with Crippen LogP contribution in [0.1, 0.15) is 66.1 Å². The number of halogens is 2. The van der Waals surface area contributed by atoms with Crippen molar-refractivity contribution < 1.29 is 32.6 Å². The van der Waals surface area contributed by atoms with Crippen molar-refractivity contribution in [2.24, 2.45) is 0 Å². The van der Waals surface area contributed by atoms with E-state index in [-0.39, 0.29) is 42.1 Å². The lowest BCUT2D eigenvalue weighted by molar-refractivity contribution is -0.0499. The lowest BCUT2D eigenvalue weighted by Gasteiger charge is -2.16. The monoisotopic (exact) mass is 576 g/mol. The molecule has 11 nitrogen and oxygen atoms in total. The molecule has 42 heavy (non-hydrogen) atoms. The number of benzene rings is 2. The van der Waals surface area contributed by atoms with E-state index in [1.165, 1.54) is 41.2 Å². The number of amides is 2. The minimum absolute atomic E-state index is 0.00167. The van der Waals surface area contributed by atoms with Gasteiger partial charge in [0.25, 0.3) is 17.6 Å². The van der Waals surface area contributed by atoms with Gasteiger partial charge in [-0.1, -0.05) is 30.9 Å². The summed E-state index contributed by atoms with van der Waals surface area (Å²) in [6.07, 6.45) is 3.98. The van der Waals surface area contributed by atoms with Gasteiger partial charge < -0.3 is 20.1 Å². The minimum Gasteiger partial charge on any atom is -0.458 e. The van der Waals surface area contributed by atoms with Crippen LogP contribution in [0, 0.1) is 6.92 Å². The normalized spacial score (nSPS) is 14.0. The molecule has 2 amide bonds. The van der Waals surface area contributed by atoms with E-state index in [0.29, 0.717) is 24.0 Å². The molecule has 0 spiro atoms. The molecule has 0 unspecified atom stereocenters. The highest BCUT2D eigenvalue weighted by atomic mass is 19.3. The molecule has 0 saturated heterocycles. The predicted octanol–water partition coefficient (Wildman–Crippen LogP) is 3.72. The minimum atomic E-state index is -2.97. The number of carbonyl (C=O) groups excluding carboxylic acids is 3. The standard InChI is InChI=1S/C29H26F2N6O5/c1-3-11-41-27(40)20-7-8-21-19(16(20)2)9-10-22(21)35-26(39)24-13-23(36-29-33-15-34-37(24)29)25(38)32-14-17-5-4-6-18(12-17)42-28(30)31/h3-8,12-13,15,22,28H,1,9-11,14H2,2H3,(H,32,38)(H,35,39)/t22-/m0/s1. The van der Waals surface area contributed by atoms with Crippen molar-refractivity contribution in [2.75, 3.05) is 6.61 Å². The Balaban J connectivity index is 1.32. The topological polar surface area (TPSA) is 137 Å². The van der Waals surface area contributed by atoms with Crippen molar-refractivity contribution in [1.82, 2.24) is 30.2 Å². The molecule has 5 rings (SSSR count). The third-order valence-electron chi connectivity index (χ3n) is 6.84. The molecule has 4 aromatic rings. The first-order valence-corrected chi connectivity index (χ1v) is 13.0. The Morgan fingerprint density at radius 2 is 2.02 bits per heavy atom. The fraction of sp³-hybridized carbons (Fsp3) is 0.241. The molecule has 0 aliphatic heterocycles. The van der Waals surface area contributed by atoms with Crippen LogP contribution < -0.4 is 15.4 Å². The summed E-state index contributed by atoms with van der Waals surface area (Å²) in [6, 6.07) is 10.4. The molecule has 0 bridgehead atoms. The molecule has 0 fully saturated rings. The van der Waals surface area contributed by atoms with Crippen molar-refractivity contribution in [3.05, 3.63) is 101 Å². The lowest BCUT2D eigenvalue weighted by atomic mass is 9.98. The molecule has 2 aromatic carbocycles. The van der Waals surface area contributed by atoms with E-state index in [1.54, 1.807) is 12.1 Å². The quantitative estimate of drug-likeness (QED) is 0.215. The molecule has 13 heteroatoms. The smallest absolute Gasteiger partial charge is 0.387 e. The average molecular weight is 577 g/mol. The van der Waals surface area contributed by atoms with Crippen molar-refractivity contribution in [3.63, 3.8) is 0 Å². The first-order chi connectivity index (χ1) is 20.2. The highest BCUT2D eigenvalue weighted by molar-refractivity contribution is 5.98. The fourth-order valence-corrected chi connectivity index (χ4v) is 4.89. The Hall–Kier alpha value is -5.20. The van der Waals surface area contributed by atoms with Crippen LogP contribution in [0.3, 0.4) is 0 Å². The van der Waals surface area contributed by atoms with Gasteiger partial charge in [-0.3, -0.25) is 9.59 Å². The Labute approximate surface area is 238 Å². The van der Waals surface area contributed by atoms with Crippen LogP contribution in [0.2, 0.25) is 0 Å². The third-order valence-corrected chi connectivity index (χ3v) is 6.84. The Morgan fingerprint density at radius 1 is 1.19 bits per heavy atom. The van der Waals surface area contributed by atoms with Gasteiger partial charge in [0.05, 0.1) is 11.6 Å². The molecular formula is C29H26F2N6O5. The summed E-state index contributed by atoms with van der Waals surface area (Å²) in [5, 5.41) is 9.73. The summed E-state index contributed by atoms with van der Waals surface area (Å²) in [5.41, 5.74) is 3.61. The van der Waals surface area contributed by atoms with Crippen molar-refractivity contribution in [2.45, 2.75) is 39.0 Å². The summed E-state index contributed by atoms with van der Waals surface area (Å²) in [6.45, 7) is 2.55. The zero-order chi connectivity index (χ0) is 29.8. The SMILES string of the molecule is C=CCOC(=O)c1ccc2c(c1C)CC[C@@H]2NC(=O)c1cc(C(=O)NCc2cccc(OC(F)F)c2)nc2ncnn12. The number of carbonyl (C=O) groups is 3. The zero-order valence-electron chi connectivity index (χ0n) is 22.5. The average Bonchev–Trinajstić information content (AvgIpc) is 3.61. The number of nitrogens with zero attached hydrogens (tertiary/aromatic N) is 4. The summed E-state index contributed by atoms with van der Waals surface area (Å²) in [4.78, 5) is 47.1. The molecule has 0 saturated carbocycles. The molecule has 2 heterocycles. The van der Waals surface area contributed by atoms with E-state index in [1.807, 2.05) is 13.0 Å². The van der Waals surface area contributed by atoms with Crippen molar-refractivity contribution in [1.29, 1.82) is 0 Å². The molecule has 2 aromatic heterocycles. The van der Waals surface area contributed by atoms with E-state index < -0.39 is 24.4 Å². The van der Waals surface area contributed by atoms with Crippen LogP contribution in [0.25, 0.3) is 5.78 Å². The Morgan fingerprint density at radius 3 is 2.81 bits per heavy atom. The van der Waals surface area contributed by atoms with Crippen LogP contribution in [0.15, 0.2) is 61.4 Å². The third kappa shape index (κ3) is 5.94. The van der Waals surface area contributed by atoms with Gasteiger partial charge in [-0.25, -0.2) is 9.78 Å². The van der Waals surface area contributed by atoms with E-state index in [2.05, 4.69) is 37.0 Å². The number of nitrogens with one attached hydrogen (secondary N) is 2. The van der Waals surface area contributed by atoms with E-state index >= 15 is 0 Å². The highest BCUT2D eigenvalue weighted by Gasteiger charge is 2.29. The summed E-state index contributed by atoms with van der Waals surface area (Å²) >= 11 is 0. The van der Waals surface area contributed by atoms with Crippen LogP contribution in [0.5, 0.6) is 5.75 Å². The van der Waals surface area contributed by atoms with Crippen LogP contribution >= 0.6 is 0 Å². The van der Waals surface area contributed by atoms with Crippen molar-refractivity contribution >= 4 is 23.6 Å². The maximum absolute atomic E-state index is 13.5. The number of esters is 1. The molecule has 216 valence electrons. The second-order valence-corrected chi connectivity index (χ2v) is 9.46. The molecule has 2 N–H and O–H groups in total. The van der Waals surface area contributed by atoms with Gasteiger partial charge >= 0.3 is 12.6 Å². The van der Waals surface area contributed by atoms with E-state index in [9.17, 15) is 23.2 Å². The summed E-state index contributed by atoms with van der Waals surface area (Å²) < 4.78 is 35.9. The zero-order valence-corrected chi connectivity index (χ0v) is 22.5. The van der Waals surface area contributed by atoms with E-state index in [0.717, 1.165) is 16.7 Å². The number of rotatable bonds is 10. The first kappa shape index (κ1) is 28.3. The van der Waals surface area contributed by atoms with Gasteiger partial charge in [0, 0.05) is 12.6 Å². The molecule has 1 atom stereocenters. The van der Waals surface area contributed by atoms with Gasteiger partial charge in [0.1, 0.15) is 30.1 Å². The second kappa shape index (κ2) is 12.1. The van der Waals surface area contributed by atoms with E-state index in [4.69, 9.17) is 4.74 Å². The first-order valence-electron chi connectivity index (χ1n) is 13.0. The Bertz CT molecular complexity index is 1690. The predicted molar refractivity (Wildman–Crippen MR) is 145 cm³/mol. The summed E-state index contributed by atoms with van der Waals surface area (Å²) in [5.74, 6) is -1.53. The van der Waals surface area contributed by atoms with Gasteiger partial charge in [0.15, 0.2) is 0 Å². The molecule has 0 radical (unpaired) electrons. The second-order valence-electron chi connectivity index (χ2n) is 9.46. The number of alkyl halides is 2. The largest absolute Gasteiger partial charge is 0.458 e.